The van der Waals surface area contributed by atoms with Crippen molar-refractivity contribution in [3.63, 3.8) is 0 Å². The van der Waals surface area contributed by atoms with Crippen molar-refractivity contribution in [2.24, 2.45) is 0 Å². The van der Waals surface area contributed by atoms with E-state index < -0.39 is 35.3 Å². The number of amides is 4. The van der Waals surface area contributed by atoms with Crippen LogP contribution in [0.2, 0.25) is 10.0 Å². The van der Waals surface area contributed by atoms with Crippen LogP contribution < -0.4 is 4.90 Å². The van der Waals surface area contributed by atoms with Gasteiger partial charge in [-0.05, 0) is 35.9 Å². The minimum absolute atomic E-state index is 0.0237. The van der Waals surface area contributed by atoms with Crippen molar-refractivity contribution in [2.75, 3.05) is 25.0 Å². The molecule has 3 heterocycles. The molecule has 5 rings (SSSR count). The Morgan fingerprint density at radius 3 is 2.42 bits per heavy atom. The number of nitrogens with zero attached hydrogens (tertiary/aromatic N) is 5. The topological polar surface area (TPSA) is 151 Å². The highest BCUT2D eigenvalue weighted by molar-refractivity contribution is 6.36. The number of rotatable bonds is 4. The summed E-state index contributed by atoms with van der Waals surface area (Å²) in [7, 11) is 1.47. The number of halogens is 2. The summed E-state index contributed by atoms with van der Waals surface area (Å²) in [5.41, 5.74) is -1.07. The molecule has 2 N–H and O–H groups in total. The van der Waals surface area contributed by atoms with Gasteiger partial charge in [-0.15, -0.1) is 0 Å². The number of carbonyl (C=O) groups excluding carboxylic acids is 3. The predicted molar refractivity (Wildman–Crippen MR) is 135 cm³/mol. The predicted octanol–water partition coefficient (Wildman–Crippen LogP) is 3.36. The summed E-state index contributed by atoms with van der Waals surface area (Å²) in [5, 5.41) is 19.1. The number of aromatic carboxylic acids is 1. The summed E-state index contributed by atoms with van der Waals surface area (Å²) >= 11 is 12.3. The number of likely N-dealkylation sites (tertiary alicyclic amines) is 1. The van der Waals surface area contributed by atoms with Gasteiger partial charge in [-0.1, -0.05) is 35.3 Å². The van der Waals surface area contributed by atoms with Crippen LogP contribution in [0.5, 0.6) is 0 Å². The quantitative estimate of drug-likeness (QED) is 0.471. The van der Waals surface area contributed by atoms with Gasteiger partial charge in [-0.2, -0.15) is 5.26 Å². The van der Waals surface area contributed by atoms with Crippen LogP contribution in [0.1, 0.15) is 38.0 Å². The molecule has 0 aliphatic carbocycles. The lowest BCUT2D eigenvalue weighted by Gasteiger charge is -2.33. The molecule has 0 saturated carbocycles. The molecule has 0 bridgehead atoms. The third-order valence-electron chi connectivity index (χ3n) is 6.95. The van der Waals surface area contributed by atoms with Crippen LogP contribution in [0.25, 0.3) is 0 Å². The Hall–Kier alpha value is -4.40. The van der Waals surface area contributed by atoms with E-state index in [2.05, 4.69) is 9.97 Å². The first-order valence-corrected chi connectivity index (χ1v) is 12.0. The number of carboxylic acids is 1. The summed E-state index contributed by atoms with van der Waals surface area (Å²) in [4.78, 5) is 62.6. The van der Waals surface area contributed by atoms with E-state index in [0.717, 1.165) is 11.2 Å². The number of aromatic amines is 1. The van der Waals surface area contributed by atoms with Crippen molar-refractivity contribution in [3.05, 3.63) is 81.4 Å². The van der Waals surface area contributed by atoms with Crippen LogP contribution in [0, 0.1) is 11.3 Å². The zero-order chi connectivity index (χ0) is 27.4. The molecule has 1 spiro atoms. The number of hydrogen-bond acceptors (Lipinski definition) is 6. The normalized spacial score (nSPS) is 20.9. The minimum atomic E-state index is -1.55. The molecule has 13 heteroatoms. The number of anilines is 1. The molecule has 0 radical (unpaired) electrons. The largest absolute Gasteiger partial charge is 0.477 e. The van der Waals surface area contributed by atoms with Crippen molar-refractivity contribution < 1.29 is 24.3 Å². The lowest BCUT2D eigenvalue weighted by Crippen LogP contribution is -2.54. The molecule has 2 saturated heterocycles. The third kappa shape index (κ3) is 3.77. The molecule has 2 fully saturated rings. The van der Waals surface area contributed by atoms with Gasteiger partial charge in [-0.25, -0.2) is 19.5 Å². The maximum atomic E-state index is 14.2. The van der Waals surface area contributed by atoms with Crippen molar-refractivity contribution in [1.82, 2.24) is 19.8 Å². The van der Waals surface area contributed by atoms with Gasteiger partial charge in [0.1, 0.15) is 5.54 Å². The maximum Gasteiger partial charge on any atom is 0.354 e. The average molecular weight is 553 g/mol. The first-order chi connectivity index (χ1) is 18.1. The van der Waals surface area contributed by atoms with E-state index in [1.807, 2.05) is 6.07 Å². The van der Waals surface area contributed by atoms with Crippen molar-refractivity contribution in [2.45, 2.75) is 11.5 Å². The highest BCUT2D eigenvalue weighted by Gasteiger charge is 2.65. The second-order valence-electron chi connectivity index (χ2n) is 8.94. The van der Waals surface area contributed by atoms with Gasteiger partial charge in [0.25, 0.3) is 11.8 Å². The Kier molecular flexibility index (Phi) is 6.09. The zero-order valence-corrected chi connectivity index (χ0v) is 21.2. The summed E-state index contributed by atoms with van der Waals surface area (Å²) in [6, 6.07) is 12.2. The molecule has 11 nitrogen and oxygen atoms in total. The SMILES string of the molecule is CN1C(=O)N(c2cc(Cl)cc(Cl)c2)C(=O)[C@]12CN(C(=O)c1nc[nH]c1C(=O)O)C[C@H]2c1ccc(C#N)cc1. The molecule has 192 valence electrons. The second kappa shape index (κ2) is 9.16. The van der Waals surface area contributed by atoms with E-state index >= 15 is 0 Å². The summed E-state index contributed by atoms with van der Waals surface area (Å²) in [6.45, 7) is -0.252. The minimum Gasteiger partial charge on any atom is -0.477 e. The number of urea groups is 1. The molecule has 1 aromatic heterocycles. The molecular weight excluding hydrogens is 535 g/mol. The van der Waals surface area contributed by atoms with Gasteiger partial charge in [0, 0.05) is 29.6 Å². The second-order valence-corrected chi connectivity index (χ2v) is 9.81. The lowest BCUT2D eigenvalue weighted by atomic mass is 9.80. The molecule has 4 amide bonds. The number of likely N-dealkylation sites (N-methyl/N-ethyl adjacent to an activating group) is 1. The number of nitrogens with one attached hydrogen (secondary N) is 1. The fraction of sp³-hybridized carbons (Fsp3) is 0.200. The number of nitriles is 1. The van der Waals surface area contributed by atoms with E-state index in [1.54, 1.807) is 24.3 Å². The van der Waals surface area contributed by atoms with Gasteiger partial charge in [-0.3, -0.25) is 9.59 Å². The number of benzene rings is 2. The van der Waals surface area contributed by atoms with Crippen LogP contribution in [-0.4, -0.2) is 74.4 Å². The van der Waals surface area contributed by atoms with Crippen molar-refractivity contribution in [1.29, 1.82) is 5.26 Å². The van der Waals surface area contributed by atoms with E-state index in [1.165, 1.54) is 35.0 Å². The van der Waals surface area contributed by atoms with Crippen molar-refractivity contribution in [3.8, 4) is 6.07 Å². The summed E-state index contributed by atoms with van der Waals surface area (Å²) < 4.78 is 0. The Morgan fingerprint density at radius 2 is 1.82 bits per heavy atom. The number of imide groups is 1. The molecule has 3 aromatic rings. The van der Waals surface area contributed by atoms with Gasteiger partial charge >= 0.3 is 12.0 Å². The highest BCUT2D eigenvalue weighted by Crippen LogP contribution is 2.47. The van der Waals surface area contributed by atoms with Crippen LogP contribution in [-0.2, 0) is 4.79 Å². The molecule has 2 aromatic carbocycles. The van der Waals surface area contributed by atoms with E-state index in [9.17, 15) is 29.5 Å². The standard InChI is InChI=1S/C25H18Cl2N6O5/c1-31-24(38)33(17-7-15(26)6-16(27)8-17)23(37)25(31)11-32(21(34)19-20(22(35)36)30-12-29-19)10-18(25)14-4-2-13(9-28)3-5-14/h2-8,12,18H,10-11H2,1H3,(H,29,30)(H,35,36)/t18-,25+/m0/s1. The number of aromatic nitrogens is 2. The van der Waals surface area contributed by atoms with Crippen LogP contribution >= 0.6 is 23.2 Å². The first kappa shape index (κ1) is 25.3. The van der Waals surface area contributed by atoms with E-state index in [0.29, 0.717) is 11.1 Å². The Morgan fingerprint density at radius 1 is 1.16 bits per heavy atom. The van der Waals surface area contributed by atoms with Crippen LogP contribution in [0.15, 0.2) is 48.8 Å². The fourth-order valence-electron chi connectivity index (χ4n) is 5.13. The third-order valence-corrected chi connectivity index (χ3v) is 7.39. The summed E-state index contributed by atoms with van der Waals surface area (Å²) in [5.74, 6) is -3.39. The zero-order valence-electron chi connectivity index (χ0n) is 19.7. The number of H-pyrrole nitrogens is 1. The number of imidazole rings is 1. The number of hydrogen-bond donors (Lipinski definition) is 2. The van der Waals surface area contributed by atoms with Crippen molar-refractivity contribution >= 4 is 52.7 Å². The van der Waals surface area contributed by atoms with E-state index in [4.69, 9.17) is 23.2 Å². The molecular formula is C25H18Cl2N6O5. The summed E-state index contributed by atoms with van der Waals surface area (Å²) in [6.07, 6.45) is 1.10. The average Bonchev–Trinajstić information content (AvgIpc) is 3.57. The smallest absolute Gasteiger partial charge is 0.354 e. The molecule has 2 aliphatic rings. The Bertz CT molecular complexity index is 1530. The lowest BCUT2D eigenvalue weighted by molar-refractivity contribution is -0.124. The maximum absolute atomic E-state index is 14.2. The van der Waals surface area contributed by atoms with Gasteiger partial charge in [0.2, 0.25) is 0 Å². The number of carboxylic acid groups (broad SMARTS) is 1. The molecule has 0 unspecified atom stereocenters. The van der Waals surface area contributed by atoms with E-state index in [-0.39, 0.29) is 40.2 Å². The molecule has 38 heavy (non-hydrogen) atoms. The van der Waals surface area contributed by atoms with Crippen LogP contribution in [0.4, 0.5) is 10.5 Å². The highest BCUT2D eigenvalue weighted by atomic mass is 35.5. The molecule has 2 atom stereocenters. The molecule has 2 aliphatic heterocycles. The first-order valence-electron chi connectivity index (χ1n) is 11.2. The monoisotopic (exact) mass is 552 g/mol. The number of carbonyl (C=O) groups is 4. The van der Waals surface area contributed by atoms with Gasteiger partial charge in [0.05, 0.1) is 30.2 Å². The Balaban J connectivity index is 1.62. The van der Waals surface area contributed by atoms with Gasteiger partial charge < -0.3 is 19.9 Å². The fourth-order valence-corrected chi connectivity index (χ4v) is 5.64. The van der Waals surface area contributed by atoms with Crippen LogP contribution in [0.3, 0.4) is 0 Å². The van der Waals surface area contributed by atoms with Gasteiger partial charge in [0.15, 0.2) is 11.4 Å². The Labute approximate surface area is 225 Å².